The van der Waals surface area contributed by atoms with Crippen molar-refractivity contribution in [2.75, 3.05) is 18.9 Å². The van der Waals surface area contributed by atoms with Crippen LogP contribution in [0.2, 0.25) is 0 Å². The largest absolute Gasteiger partial charge is 0.394 e. The van der Waals surface area contributed by atoms with Gasteiger partial charge >= 0.3 is 0 Å². The molecule has 3 nitrogen and oxygen atoms in total. The first-order chi connectivity index (χ1) is 7.81. The molecule has 0 saturated carbocycles. The molecule has 0 aromatic carbocycles. The Bertz CT molecular complexity index is 340. The fourth-order valence-corrected chi connectivity index (χ4v) is 3.59. The number of carbonyl (C=O) groups excluding carboxylic acids is 1. The molecular formula is C11H15NO2S2. The number of amides is 1. The number of thioether (sulfide) groups is 1. The number of nitrogens with zero attached hydrogens (tertiary/aromatic N) is 1. The summed E-state index contributed by atoms with van der Waals surface area (Å²) in [5, 5.41) is 11.2. The average Bonchev–Trinajstić information content (AvgIpc) is 2.96. The van der Waals surface area contributed by atoms with Crippen LogP contribution in [0.15, 0.2) is 21.7 Å². The van der Waals surface area contributed by atoms with Gasteiger partial charge in [0.05, 0.1) is 22.6 Å². The lowest BCUT2D eigenvalue weighted by atomic mass is 10.2. The Morgan fingerprint density at radius 2 is 2.56 bits per heavy atom. The van der Waals surface area contributed by atoms with E-state index >= 15 is 0 Å². The van der Waals surface area contributed by atoms with Gasteiger partial charge < -0.3 is 10.0 Å². The lowest BCUT2D eigenvalue weighted by Gasteiger charge is -2.22. The summed E-state index contributed by atoms with van der Waals surface area (Å²) in [6, 6.07) is 4.07. The van der Waals surface area contributed by atoms with Crippen molar-refractivity contribution in [3.8, 4) is 0 Å². The number of hydrogen-bond acceptors (Lipinski definition) is 4. The number of likely N-dealkylation sites (tertiary alicyclic amines) is 1. The molecule has 1 aliphatic rings. The molecule has 0 spiro atoms. The van der Waals surface area contributed by atoms with E-state index in [4.69, 9.17) is 5.11 Å². The Labute approximate surface area is 103 Å². The summed E-state index contributed by atoms with van der Waals surface area (Å²) >= 11 is 3.24. The van der Waals surface area contributed by atoms with Crippen molar-refractivity contribution in [1.29, 1.82) is 0 Å². The Kier molecular flexibility index (Phi) is 4.26. The van der Waals surface area contributed by atoms with Gasteiger partial charge in [0, 0.05) is 6.54 Å². The first-order valence-corrected chi connectivity index (χ1v) is 7.24. The first kappa shape index (κ1) is 12.0. The lowest BCUT2D eigenvalue weighted by Crippen LogP contribution is -2.38. The Morgan fingerprint density at radius 3 is 3.25 bits per heavy atom. The van der Waals surface area contributed by atoms with Gasteiger partial charge in [0.15, 0.2) is 0 Å². The van der Waals surface area contributed by atoms with Crippen LogP contribution in [-0.2, 0) is 4.79 Å². The molecule has 1 amide bonds. The molecule has 88 valence electrons. The zero-order valence-electron chi connectivity index (χ0n) is 8.96. The molecule has 1 saturated heterocycles. The van der Waals surface area contributed by atoms with Crippen molar-refractivity contribution in [2.24, 2.45) is 0 Å². The normalized spacial score (nSPS) is 20.3. The molecule has 1 aliphatic heterocycles. The van der Waals surface area contributed by atoms with Crippen molar-refractivity contribution < 1.29 is 9.90 Å². The summed E-state index contributed by atoms with van der Waals surface area (Å²) in [4.78, 5) is 13.7. The third-order valence-corrected chi connectivity index (χ3v) is 4.86. The zero-order chi connectivity index (χ0) is 11.4. The van der Waals surface area contributed by atoms with Crippen molar-refractivity contribution >= 4 is 29.0 Å². The highest BCUT2D eigenvalue weighted by molar-refractivity contribution is 8.01. The van der Waals surface area contributed by atoms with Crippen molar-refractivity contribution in [3.63, 3.8) is 0 Å². The minimum Gasteiger partial charge on any atom is -0.394 e. The smallest absolute Gasteiger partial charge is 0.233 e. The molecule has 1 aromatic rings. The number of aliphatic hydroxyl groups is 1. The highest BCUT2D eigenvalue weighted by Crippen LogP contribution is 2.25. The van der Waals surface area contributed by atoms with E-state index in [0.29, 0.717) is 5.75 Å². The Morgan fingerprint density at radius 1 is 1.69 bits per heavy atom. The molecule has 2 rings (SSSR count). The summed E-state index contributed by atoms with van der Waals surface area (Å²) in [7, 11) is 0. The summed E-state index contributed by atoms with van der Waals surface area (Å²) < 4.78 is 1.17. The van der Waals surface area contributed by atoms with Crippen molar-refractivity contribution in [1.82, 2.24) is 4.90 Å². The van der Waals surface area contributed by atoms with E-state index in [1.807, 2.05) is 22.4 Å². The van der Waals surface area contributed by atoms with E-state index in [2.05, 4.69) is 0 Å². The van der Waals surface area contributed by atoms with E-state index in [9.17, 15) is 4.79 Å². The molecule has 0 bridgehead atoms. The molecule has 5 heteroatoms. The van der Waals surface area contributed by atoms with Crippen LogP contribution in [0.5, 0.6) is 0 Å². The molecule has 0 unspecified atom stereocenters. The second-order valence-corrected chi connectivity index (χ2v) is 6.01. The van der Waals surface area contributed by atoms with Crippen LogP contribution in [0.1, 0.15) is 12.8 Å². The second-order valence-electron chi connectivity index (χ2n) is 3.79. The van der Waals surface area contributed by atoms with E-state index in [0.717, 1.165) is 19.4 Å². The number of hydrogen-bond donors (Lipinski definition) is 1. The minimum absolute atomic E-state index is 0.0523. The third kappa shape index (κ3) is 2.78. The van der Waals surface area contributed by atoms with Gasteiger partial charge in [0.2, 0.25) is 5.91 Å². The van der Waals surface area contributed by atoms with Gasteiger partial charge in [0.25, 0.3) is 0 Å². The van der Waals surface area contributed by atoms with Crippen LogP contribution in [-0.4, -0.2) is 40.9 Å². The van der Waals surface area contributed by atoms with Gasteiger partial charge in [-0.1, -0.05) is 6.07 Å². The standard InChI is InChI=1S/C11H15NO2S2/c13-7-9-3-1-5-12(9)10(14)8-16-11-4-2-6-15-11/h2,4,6,9,13H,1,3,5,7-8H2/t9-/m0/s1. The first-order valence-electron chi connectivity index (χ1n) is 5.38. The molecule has 0 radical (unpaired) electrons. The van der Waals surface area contributed by atoms with Crippen molar-refractivity contribution in [3.05, 3.63) is 17.5 Å². The Balaban J connectivity index is 1.83. The van der Waals surface area contributed by atoms with Gasteiger partial charge in [0.1, 0.15) is 0 Å². The maximum atomic E-state index is 11.9. The summed E-state index contributed by atoms with van der Waals surface area (Å²) in [5.41, 5.74) is 0. The van der Waals surface area contributed by atoms with E-state index in [1.54, 1.807) is 23.1 Å². The molecule has 0 aliphatic carbocycles. The zero-order valence-corrected chi connectivity index (χ0v) is 10.6. The number of aliphatic hydroxyl groups excluding tert-OH is 1. The highest BCUT2D eigenvalue weighted by Gasteiger charge is 2.27. The number of thiophene rings is 1. The lowest BCUT2D eigenvalue weighted by molar-refractivity contribution is -0.129. The minimum atomic E-state index is 0.0523. The third-order valence-electron chi connectivity index (χ3n) is 2.74. The Hall–Kier alpha value is -0.520. The summed E-state index contributed by atoms with van der Waals surface area (Å²) in [5.74, 6) is 0.631. The average molecular weight is 257 g/mol. The molecular weight excluding hydrogens is 242 g/mol. The quantitative estimate of drug-likeness (QED) is 0.837. The molecule has 1 aromatic heterocycles. The van der Waals surface area contributed by atoms with E-state index in [1.165, 1.54) is 4.21 Å². The molecule has 1 atom stereocenters. The van der Waals surface area contributed by atoms with Crippen LogP contribution in [0.4, 0.5) is 0 Å². The van der Waals surface area contributed by atoms with Gasteiger partial charge in [-0.05, 0) is 24.3 Å². The van der Waals surface area contributed by atoms with Gasteiger partial charge in [-0.25, -0.2) is 0 Å². The molecule has 2 heterocycles. The van der Waals surface area contributed by atoms with Crippen LogP contribution in [0, 0.1) is 0 Å². The fraction of sp³-hybridized carbons (Fsp3) is 0.545. The van der Waals surface area contributed by atoms with Crippen LogP contribution in [0.25, 0.3) is 0 Å². The van der Waals surface area contributed by atoms with Gasteiger partial charge in [-0.2, -0.15) is 0 Å². The monoisotopic (exact) mass is 257 g/mol. The van der Waals surface area contributed by atoms with Crippen LogP contribution in [0.3, 0.4) is 0 Å². The topological polar surface area (TPSA) is 40.5 Å². The maximum Gasteiger partial charge on any atom is 0.233 e. The maximum absolute atomic E-state index is 11.9. The predicted molar refractivity (Wildman–Crippen MR) is 66.9 cm³/mol. The van der Waals surface area contributed by atoms with Crippen molar-refractivity contribution in [2.45, 2.75) is 23.1 Å². The van der Waals surface area contributed by atoms with E-state index in [-0.39, 0.29) is 18.6 Å². The van der Waals surface area contributed by atoms with Gasteiger partial charge in [-0.3, -0.25) is 4.79 Å². The SMILES string of the molecule is O=C(CSc1cccs1)N1CCC[C@H]1CO. The highest BCUT2D eigenvalue weighted by atomic mass is 32.2. The summed E-state index contributed by atoms with van der Waals surface area (Å²) in [6.07, 6.45) is 1.95. The second kappa shape index (κ2) is 5.70. The summed E-state index contributed by atoms with van der Waals surface area (Å²) in [6.45, 7) is 0.893. The molecule has 16 heavy (non-hydrogen) atoms. The molecule has 1 fully saturated rings. The fourth-order valence-electron chi connectivity index (χ4n) is 1.92. The van der Waals surface area contributed by atoms with E-state index < -0.39 is 0 Å². The molecule has 1 N–H and O–H groups in total. The number of rotatable bonds is 4. The number of carbonyl (C=O) groups is 1. The van der Waals surface area contributed by atoms with Crippen LogP contribution < -0.4 is 0 Å². The predicted octanol–water partition coefficient (Wildman–Crippen LogP) is 1.82. The van der Waals surface area contributed by atoms with Gasteiger partial charge in [-0.15, -0.1) is 23.1 Å². The van der Waals surface area contributed by atoms with Crippen LogP contribution >= 0.6 is 23.1 Å².